The summed E-state index contributed by atoms with van der Waals surface area (Å²) in [7, 11) is 0. The Balaban J connectivity index is 2.27. The maximum absolute atomic E-state index is 6.05. The first-order valence-electron chi connectivity index (χ1n) is 5.10. The van der Waals surface area contributed by atoms with Crippen LogP contribution in [0.15, 0.2) is 21.3 Å². The van der Waals surface area contributed by atoms with Gasteiger partial charge in [0.15, 0.2) is 0 Å². The van der Waals surface area contributed by atoms with Crippen LogP contribution in [0.25, 0.3) is 11.4 Å². The van der Waals surface area contributed by atoms with Crippen molar-refractivity contribution in [2.75, 3.05) is 0 Å². The number of hydrogen-bond acceptors (Lipinski definition) is 5. The van der Waals surface area contributed by atoms with Gasteiger partial charge >= 0.3 is 0 Å². The van der Waals surface area contributed by atoms with Crippen LogP contribution in [0.3, 0.4) is 0 Å². The summed E-state index contributed by atoms with van der Waals surface area (Å²) in [4.78, 5) is 4.32. The third-order valence-electron chi connectivity index (χ3n) is 2.42. The Morgan fingerprint density at radius 3 is 2.75 bits per heavy atom. The summed E-state index contributed by atoms with van der Waals surface area (Å²) >= 11 is 1.60. The van der Waals surface area contributed by atoms with E-state index in [0.717, 1.165) is 5.56 Å². The lowest BCUT2D eigenvalue weighted by Gasteiger charge is -2.23. The lowest BCUT2D eigenvalue weighted by atomic mass is 9.87. The molecular weight excluding hydrogens is 222 g/mol. The highest BCUT2D eigenvalue weighted by Crippen LogP contribution is 2.30. The van der Waals surface area contributed by atoms with Gasteiger partial charge in [-0.25, -0.2) is 0 Å². The first-order chi connectivity index (χ1) is 7.48. The number of nitrogens with zero attached hydrogens (tertiary/aromatic N) is 2. The first kappa shape index (κ1) is 11.3. The van der Waals surface area contributed by atoms with E-state index in [0.29, 0.717) is 11.7 Å². The van der Waals surface area contributed by atoms with Gasteiger partial charge < -0.3 is 10.3 Å². The number of thiophene rings is 1. The van der Waals surface area contributed by atoms with E-state index in [1.165, 1.54) is 0 Å². The van der Waals surface area contributed by atoms with Gasteiger partial charge in [0.05, 0.1) is 6.04 Å². The van der Waals surface area contributed by atoms with Crippen LogP contribution < -0.4 is 5.73 Å². The van der Waals surface area contributed by atoms with Crippen LogP contribution >= 0.6 is 11.3 Å². The Hall–Kier alpha value is -1.20. The van der Waals surface area contributed by atoms with Crippen LogP contribution in [-0.4, -0.2) is 10.1 Å². The molecule has 2 aromatic rings. The Labute approximate surface area is 98.5 Å². The molecule has 0 unspecified atom stereocenters. The second-order valence-corrected chi connectivity index (χ2v) is 5.59. The molecule has 0 spiro atoms. The van der Waals surface area contributed by atoms with Crippen LogP contribution in [0.4, 0.5) is 0 Å². The van der Waals surface area contributed by atoms with Gasteiger partial charge in [-0.3, -0.25) is 0 Å². The van der Waals surface area contributed by atoms with Crippen molar-refractivity contribution in [3.8, 4) is 11.4 Å². The van der Waals surface area contributed by atoms with Crippen LogP contribution in [0.2, 0.25) is 0 Å². The fraction of sp³-hybridized carbons (Fsp3) is 0.455. The molecule has 0 aliphatic carbocycles. The average molecular weight is 237 g/mol. The summed E-state index contributed by atoms with van der Waals surface area (Å²) in [6.45, 7) is 6.14. The van der Waals surface area contributed by atoms with Gasteiger partial charge in [0, 0.05) is 10.9 Å². The minimum absolute atomic E-state index is 0.0849. The third-order valence-corrected chi connectivity index (χ3v) is 3.10. The molecule has 2 heterocycles. The fourth-order valence-electron chi connectivity index (χ4n) is 1.24. The quantitative estimate of drug-likeness (QED) is 0.872. The smallest absolute Gasteiger partial charge is 0.244 e. The molecule has 2 aromatic heterocycles. The molecule has 0 aliphatic heterocycles. The highest BCUT2D eigenvalue weighted by molar-refractivity contribution is 7.08. The molecule has 5 heteroatoms. The molecule has 0 saturated carbocycles. The molecule has 0 saturated heterocycles. The molecule has 0 radical (unpaired) electrons. The van der Waals surface area contributed by atoms with E-state index >= 15 is 0 Å². The second-order valence-electron chi connectivity index (χ2n) is 4.81. The second kappa shape index (κ2) is 3.99. The van der Waals surface area contributed by atoms with Crippen molar-refractivity contribution in [1.29, 1.82) is 0 Å². The van der Waals surface area contributed by atoms with Gasteiger partial charge in [-0.05, 0) is 16.9 Å². The first-order valence-corrected chi connectivity index (χ1v) is 6.04. The van der Waals surface area contributed by atoms with Crippen molar-refractivity contribution in [2.45, 2.75) is 26.8 Å². The zero-order valence-electron chi connectivity index (χ0n) is 9.60. The summed E-state index contributed by atoms with van der Waals surface area (Å²) in [5, 5.41) is 7.90. The van der Waals surface area contributed by atoms with Gasteiger partial charge in [-0.2, -0.15) is 16.3 Å². The fourth-order valence-corrected chi connectivity index (χ4v) is 1.88. The largest absolute Gasteiger partial charge is 0.337 e. The third kappa shape index (κ3) is 2.15. The molecule has 16 heavy (non-hydrogen) atoms. The number of nitrogens with two attached hydrogens (primary N) is 1. The van der Waals surface area contributed by atoms with Crippen molar-refractivity contribution in [1.82, 2.24) is 10.1 Å². The van der Waals surface area contributed by atoms with Crippen molar-refractivity contribution >= 4 is 11.3 Å². The van der Waals surface area contributed by atoms with Gasteiger partial charge in [0.1, 0.15) is 0 Å². The number of aromatic nitrogens is 2. The van der Waals surface area contributed by atoms with E-state index in [9.17, 15) is 0 Å². The van der Waals surface area contributed by atoms with Crippen molar-refractivity contribution in [3.63, 3.8) is 0 Å². The van der Waals surface area contributed by atoms with Crippen molar-refractivity contribution in [2.24, 2.45) is 11.1 Å². The van der Waals surface area contributed by atoms with E-state index in [-0.39, 0.29) is 11.5 Å². The van der Waals surface area contributed by atoms with E-state index < -0.39 is 0 Å². The van der Waals surface area contributed by atoms with E-state index in [1.807, 2.05) is 37.6 Å². The summed E-state index contributed by atoms with van der Waals surface area (Å²) in [6.07, 6.45) is 0. The van der Waals surface area contributed by atoms with Crippen LogP contribution in [0.1, 0.15) is 32.7 Å². The summed E-state index contributed by atoms with van der Waals surface area (Å²) < 4.78 is 5.20. The highest BCUT2D eigenvalue weighted by atomic mass is 32.1. The molecule has 2 rings (SSSR count). The molecule has 0 bridgehead atoms. The minimum Gasteiger partial charge on any atom is -0.337 e. The topological polar surface area (TPSA) is 64.9 Å². The summed E-state index contributed by atoms with van der Waals surface area (Å²) in [5.41, 5.74) is 6.93. The normalized spacial score (nSPS) is 14.0. The molecule has 0 amide bonds. The Morgan fingerprint density at radius 2 is 2.19 bits per heavy atom. The van der Waals surface area contributed by atoms with Gasteiger partial charge in [-0.15, -0.1) is 0 Å². The zero-order chi connectivity index (χ0) is 11.8. The molecule has 0 aliphatic rings. The maximum atomic E-state index is 6.05. The van der Waals surface area contributed by atoms with E-state index in [2.05, 4.69) is 10.1 Å². The highest BCUT2D eigenvalue weighted by Gasteiger charge is 2.27. The van der Waals surface area contributed by atoms with Gasteiger partial charge in [0.25, 0.3) is 0 Å². The SMILES string of the molecule is CC(C)(C)[C@H](N)c1nc(-c2ccsc2)no1. The van der Waals surface area contributed by atoms with Crippen LogP contribution in [-0.2, 0) is 0 Å². The average Bonchev–Trinajstić information content (AvgIpc) is 2.85. The molecule has 86 valence electrons. The summed E-state index contributed by atoms with van der Waals surface area (Å²) in [5.74, 6) is 1.10. The lowest BCUT2D eigenvalue weighted by Crippen LogP contribution is -2.26. The number of rotatable bonds is 2. The Morgan fingerprint density at radius 1 is 1.44 bits per heavy atom. The van der Waals surface area contributed by atoms with Crippen LogP contribution in [0, 0.1) is 5.41 Å². The molecular formula is C11H15N3OS. The molecule has 1 atom stereocenters. The number of hydrogen-bond donors (Lipinski definition) is 1. The zero-order valence-corrected chi connectivity index (χ0v) is 10.4. The minimum atomic E-state index is -0.243. The molecule has 0 aromatic carbocycles. The van der Waals surface area contributed by atoms with Crippen molar-refractivity contribution < 1.29 is 4.52 Å². The lowest BCUT2D eigenvalue weighted by molar-refractivity contribution is 0.253. The standard InChI is InChI=1S/C11H15N3OS/c1-11(2,3)8(12)10-13-9(14-15-10)7-4-5-16-6-7/h4-6,8H,12H2,1-3H3/t8-/m1/s1. The van der Waals surface area contributed by atoms with Gasteiger partial charge in [-0.1, -0.05) is 25.9 Å². The molecule has 0 fully saturated rings. The van der Waals surface area contributed by atoms with Crippen molar-refractivity contribution in [3.05, 3.63) is 22.7 Å². The predicted molar refractivity (Wildman–Crippen MR) is 64.0 cm³/mol. The Kier molecular flexibility index (Phi) is 2.82. The Bertz CT molecular complexity index is 456. The van der Waals surface area contributed by atoms with E-state index in [1.54, 1.807) is 11.3 Å². The molecule has 2 N–H and O–H groups in total. The van der Waals surface area contributed by atoms with E-state index in [4.69, 9.17) is 10.3 Å². The maximum Gasteiger partial charge on any atom is 0.244 e. The van der Waals surface area contributed by atoms with Gasteiger partial charge in [0.2, 0.25) is 11.7 Å². The van der Waals surface area contributed by atoms with Crippen LogP contribution in [0.5, 0.6) is 0 Å². The monoisotopic (exact) mass is 237 g/mol. The predicted octanol–water partition coefficient (Wildman–Crippen LogP) is 2.84. The summed E-state index contributed by atoms with van der Waals surface area (Å²) in [6, 6.07) is 1.72. The molecule has 4 nitrogen and oxygen atoms in total.